The first-order chi connectivity index (χ1) is 13.5. The van der Waals surface area contributed by atoms with Crippen LogP contribution in [0.1, 0.15) is 59.4 Å². The quantitative estimate of drug-likeness (QED) is 0.887. The second-order valence-electron chi connectivity index (χ2n) is 8.17. The molecule has 2 saturated carbocycles. The third kappa shape index (κ3) is 2.70. The zero-order valence-corrected chi connectivity index (χ0v) is 15.6. The molecule has 5 nitrogen and oxygen atoms in total. The number of carbonyl (C=O) groups excluding carboxylic acids is 2. The van der Waals surface area contributed by atoms with Gasteiger partial charge in [0.1, 0.15) is 5.82 Å². The largest absolute Gasteiger partial charge is 0.366 e. The molecule has 5 rings (SSSR count). The molecule has 2 fully saturated rings. The Bertz CT molecular complexity index is 995. The predicted octanol–water partition coefficient (Wildman–Crippen LogP) is 3.09. The monoisotopic (exact) mass is 379 g/mol. The third-order valence-corrected chi connectivity index (χ3v) is 6.23. The van der Waals surface area contributed by atoms with E-state index >= 15 is 0 Å². The van der Waals surface area contributed by atoms with Crippen molar-refractivity contribution in [2.24, 2.45) is 11.7 Å². The molecule has 2 N–H and O–H groups in total. The van der Waals surface area contributed by atoms with Crippen molar-refractivity contribution >= 4 is 17.5 Å². The second kappa shape index (κ2) is 6.12. The lowest BCUT2D eigenvalue weighted by Crippen LogP contribution is -2.37. The van der Waals surface area contributed by atoms with Crippen molar-refractivity contribution < 1.29 is 14.0 Å². The van der Waals surface area contributed by atoms with Crippen LogP contribution in [-0.2, 0) is 16.6 Å². The number of hydrogen-bond acceptors (Lipinski definition) is 3. The van der Waals surface area contributed by atoms with Crippen molar-refractivity contribution in [2.75, 3.05) is 11.4 Å². The van der Waals surface area contributed by atoms with Crippen LogP contribution in [0.15, 0.2) is 30.3 Å². The van der Waals surface area contributed by atoms with E-state index in [0.717, 1.165) is 62.1 Å². The molecule has 0 atom stereocenters. The van der Waals surface area contributed by atoms with Crippen LogP contribution in [0.3, 0.4) is 0 Å². The minimum Gasteiger partial charge on any atom is -0.366 e. The molecule has 144 valence electrons. The molecule has 1 aliphatic heterocycles. The zero-order valence-electron chi connectivity index (χ0n) is 15.6. The molecule has 0 radical (unpaired) electrons. The highest BCUT2D eigenvalue weighted by Gasteiger charge is 2.49. The average molecular weight is 379 g/mol. The van der Waals surface area contributed by atoms with Gasteiger partial charge in [-0.15, -0.1) is 0 Å². The Morgan fingerprint density at radius 2 is 1.96 bits per heavy atom. The number of fused-ring (bicyclic) bond motifs is 1. The number of nitrogens with two attached hydrogens (primary N) is 1. The molecule has 2 heterocycles. The molecule has 1 aromatic heterocycles. The molecule has 2 aliphatic carbocycles. The lowest BCUT2D eigenvalue weighted by Gasteiger charge is -2.30. The van der Waals surface area contributed by atoms with Crippen molar-refractivity contribution in [3.8, 4) is 0 Å². The molecule has 6 heteroatoms. The fourth-order valence-electron chi connectivity index (χ4n) is 4.41. The Labute approximate surface area is 162 Å². The molecule has 28 heavy (non-hydrogen) atoms. The SMILES string of the molecule is NC(=O)c1ccc(F)cc1C1(c2ccc3c(n2)CCCN3C(=O)C2CC2)CC1. The van der Waals surface area contributed by atoms with Crippen LogP contribution in [0.5, 0.6) is 0 Å². The maximum atomic E-state index is 14.0. The lowest BCUT2D eigenvalue weighted by molar-refractivity contribution is -0.119. The number of amides is 2. The lowest BCUT2D eigenvalue weighted by atomic mass is 9.87. The highest BCUT2D eigenvalue weighted by Crippen LogP contribution is 2.54. The van der Waals surface area contributed by atoms with Crippen molar-refractivity contribution in [3.63, 3.8) is 0 Å². The highest BCUT2D eigenvalue weighted by atomic mass is 19.1. The number of aromatic nitrogens is 1. The van der Waals surface area contributed by atoms with Crippen LogP contribution >= 0.6 is 0 Å². The van der Waals surface area contributed by atoms with Gasteiger partial charge in [0.15, 0.2) is 0 Å². The van der Waals surface area contributed by atoms with Crippen molar-refractivity contribution in [3.05, 3.63) is 58.7 Å². The van der Waals surface area contributed by atoms with Crippen LogP contribution in [0.25, 0.3) is 0 Å². The van der Waals surface area contributed by atoms with E-state index in [0.29, 0.717) is 11.1 Å². The van der Waals surface area contributed by atoms with Gasteiger partial charge in [-0.2, -0.15) is 0 Å². The summed E-state index contributed by atoms with van der Waals surface area (Å²) in [5.41, 5.74) is 8.69. The molecule has 0 spiro atoms. The number of aryl methyl sites for hydroxylation is 1. The summed E-state index contributed by atoms with van der Waals surface area (Å²) in [6, 6.07) is 8.04. The highest BCUT2D eigenvalue weighted by molar-refractivity contribution is 5.97. The molecule has 0 saturated heterocycles. The van der Waals surface area contributed by atoms with Crippen molar-refractivity contribution in [1.82, 2.24) is 4.98 Å². The number of carbonyl (C=O) groups is 2. The first-order valence-electron chi connectivity index (χ1n) is 9.91. The minimum absolute atomic E-state index is 0.172. The summed E-state index contributed by atoms with van der Waals surface area (Å²) in [6.07, 6.45) is 5.27. The Balaban J connectivity index is 1.55. The Kier molecular flexibility index (Phi) is 3.79. The Morgan fingerprint density at radius 1 is 1.18 bits per heavy atom. The number of halogens is 1. The normalized spacial score (nSPS) is 19.8. The van der Waals surface area contributed by atoms with Crippen LogP contribution in [-0.4, -0.2) is 23.3 Å². The van der Waals surface area contributed by atoms with E-state index in [1.54, 1.807) is 0 Å². The molecule has 1 aromatic carbocycles. The van der Waals surface area contributed by atoms with Crippen LogP contribution in [0, 0.1) is 11.7 Å². The number of anilines is 1. The standard InChI is InChI=1S/C22H22FN3O2/c23-14-5-6-15(20(24)27)16(12-14)22(9-10-22)19-8-7-18-17(25-19)2-1-11-26(18)21(28)13-3-4-13/h5-8,12-13H,1-4,9-11H2,(H2,24,27). The summed E-state index contributed by atoms with van der Waals surface area (Å²) in [5, 5.41) is 0. The molecule has 0 unspecified atom stereocenters. The van der Waals surface area contributed by atoms with Gasteiger partial charge < -0.3 is 10.6 Å². The van der Waals surface area contributed by atoms with Crippen LogP contribution in [0.4, 0.5) is 10.1 Å². The van der Waals surface area contributed by atoms with E-state index in [1.807, 2.05) is 17.0 Å². The van der Waals surface area contributed by atoms with Gasteiger partial charge in [-0.05, 0) is 74.4 Å². The van der Waals surface area contributed by atoms with Crippen molar-refractivity contribution in [2.45, 2.75) is 43.9 Å². The van der Waals surface area contributed by atoms with E-state index in [1.165, 1.54) is 18.2 Å². The van der Waals surface area contributed by atoms with Gasteiger partial charge in [-0.25, -0.2) is 4.39 Å². The zero-order chi connectivity index (χ0) is 19.5. The van der Waals surface area contributed by atoms with E-state index in [-0.39, 0.29) is 17.6 Å². The predicted molar refractivity (Wildman–Crippen MR) is 103 cm³/mol. The molecule has 2 aromatic rings. The van der Waals surface area contributed by atoms with E-state index in [9.17, 15) is 14.0 Å². The van der Waals surface area contributed by atoms with Gasteiger partial charge in [0, 0.05) is 23.4 Å². The Morgan fingerprint density at radius 3 is 2.64 bits per heavy atom. The van der Waals surface area contributed by atoms with Gasteiger partial charge in [0.25, 0.3) is 0 Å². The third-order valence-electron chi connectivity index (χ3n) is 6.23. The molecular formula is C22H22FN3O2. The maximum absolute atomic E-state index is 14.0. The number of primary amides is 1. The molecule has 2 amide bonds. The first kappa shape index (κ1) is 17.3. The fourth-order valence-corrected chi connectivity index (χ4v) is 4.41. The van der Waals surface area contributed by atoms with Gasteiger partial charge in [0.2, 0.25) is 11.8 Å². The molecule has 3 aliphatic rings. The minimum atomic E-state index is -0.555. The molecule has 0 bridgehead atoms. The summed E-state index contributed by atoms with van der Waals surface area (Å²) in [5.74, 6) is -0.561. The fraction of sp³-hybridized carbons (Fsp3) is 0.409. The summed E-state index contributed by atoms with van der Waals surface area (Å²) in [7, 11) is 0. The van der Waals surface area contributed by atoms with Gasteiger partial charge in [-0.3, -0.25) is 14.6 Å². The summed E-state index contributed by atoms with van der Waals surface area (Å²) >= 11 is 0. The van der Waals surface area contributed by atoms with Crippen LogP contribution in [0.2, 0.25) is 0 Å². The second-order valence-corrected chi connectivity index (χ2v) is 8.17. The van der Waals surface area contributed by atoms with Crippen LogP contribution < -0.4 is 10.6 Å². The van der Waals surface area contributed by atoms with Gasteiger partial charge in [0.05, 0.1) is 17.1 Å². The first-order valence-corrected chi connectivity index (χ1v) is 9.91. The Hall–Kier alpha value is -2.76. The maximum Gasteiger partial charge on any atom is 0.249 e. The number of benzene rings is 1. The van der Waals surface area contributed by atoms with Gasteiger partial charge >= 0.3 is 0 Å². The topological polar surface area (TPSA) is 76.3 Å². The smallest absolute Gasteiger partial charge is 0.249 e. The summed E-state index contributed by atoms with van der Waals surface area (Å²) in [6.45, 7) is 0.740. The number of hydrogen-bond donors (Lipinski definition) is 1. The van der Waals surface area contributed by atoms with E-state index in [4.69, 9.17) is 10.7 Å². The van der Waals surface area contributed by atoms with Gasteiger partial charge in [-0.1, -0.05) is 0 Å². The number of rotatable bonds is 4. The molecular weight excluding hydrogens is 357 g/mol. The van der Waals surface area contributed by atoms with Crippen molar-refractivity contribution in [1.29, 1.82) is 0 Å². The number of pyridine rings is 1. The summed E-state index contributed by atoms with van der Waals surface area (Å²) in [4.78, 5) is 31.3. The summed E-state index contributed by atoms with van der Waals surface area (Å²) < 4.78 is 14.0. The number of nitrogens with zero attached hydrogens (tertiary/aromatic N) is 2. The van der Waals surface area contributed by atoms with E-state index in [2.05, 4.69) is 0 Å². The van der Waals surface area contributed by atoms with E-state index < -0.39 is 11.3 Å². The average Bonchev–Trinajstić information content (AvgIpc) is 3.60.